The smallest absolute Gasteiger partial charge is 0.348 e. The van der Waals surface area contributed by atoms with Crippen LogP contribution in [-0.2, 0) is 20.8 Å². The third kappa shape index (κ3) is 3.87. The third-order valence-electron chi connectivity index (χ3n) is 4.36. The minimum atomic E-state index is -0.418. The van der Waals surface area contributed by atoms with Gasteiger partial charge in [-0.1, -0.05) is 6.07 Å². The number of hydrogen-bond donors (Lipinski definition) is 1. The lowest BCUT2D eigenvalue weighted by molar-refractivity contribution is -0.911. The number of esters is 2. The Hall–Kier alpha value is -1.64. The standard InChI is InChI=1S/C18H20FNO4S2/c1-3-24-18(22)16-11(15-12(19)5-4-6-13(15)26-16)9-20-7-8-25-14(10-20)17(21)23-2/h4-6,14H,3,7-10H2,1-2H3/p+1/t14-/m1/s1. The van der Waals surface area contributed by atoms with Gasteiger partial charge >= 0.3 is 11.9 Å². The summed E-state index contributed by atoms with van der Waals surface area (Å²) in [4.78, 5) is 25.8. The molecule has 5 nitrogen and oxygen atoms in total. The lowest BCUT2D eigenvalue weighted by Crippen LogP contribution is -3.13. The van der Waals surface area contributed by atoms with E-state index in [0.717, 1.165) is 21.9 Å². The van der Waals surface area contributed by atoms with Crippen LogP contribution < -0.4 is 4.90 Å². The van der Waals surface area contributed by atoms with E-state index in [1.54, 1.807) is 24.8 Å². The Morgan fingerprint density at radius 1 is 1.38 bits per heavy atom. The van der Waals surface area contributed by atoms with E-state index in [1.807, 2.05) is 6.07 Å². The second kappa shape index (κ2) is 8.37. The molecule has 0 radical (unpaired) electrons. The molecule has 0 aliphatic carbocycles. The number of nitrogens with one attached hydrogen (secondary N) is 1. The summed E-state index contributed by atoms with van der Waals surface area (Å²) in [5.41, 5.74) is 0.673. The summed E-state index contributed by atoms with van der Waals surface area (Å²) in [5, 5.41) is 0.255. The molecule has 1 saturated heterocycles. The highest BCUT2D eigenvalue weighted by atomic mass is 32.2. The van der Waals surface area contributed by atoms with E-state index in [-0.39, 0.29) is 23.6 Å². The summed E-state index contributed by atoms with van der Waals surface area (Å²) in [6.07, 6.45) is 0. The van der Waals surface area contributed by atoms with E-state index in [4.69, 9.17) is 9.47 Å². The molecule has 1 aliphatic heterocycles. The van der Waals surface area contributed by atoms with Crippen molar-refractivity contribution in [3.8, 4) is 0 Å². The van der Waals surface area contributed by atoms with Crippen molar-refractivity contribution < 1.29 is 28.4 Å². The molecule has 0 amide bonds. The number of thioether (sulfide) groups is 1. The average Bonchev–Trinajstić information content (AvgIpc) is 3.01. The highest BCUT2D eigenvalue weighted by molar-refractivity contribution is 8.00. The monoisotopic (exact) mass is 398 g/mol. The Bertz CT molecular complexity index is 823. The first-order valence-corrected chi connectivity index (χ1v) is 10.3. The minimum Gasteiger partial charge on any atom is -0.468 e. The van der Waals surface area contributed by atoms with Crippen molar-refractivity contribution in [2.24, 2.45) is 0 Å². The van der Waals surface area contributed by atoms with Gasteiger partial charge < -0.3 is 14.4 Å². The van der Waals surface area contributed by atoms with Gasteiger partial charge in [-0.3, -0.25) is 4.79 Å². The molecule has 2 aromatic rings. The number of methoxy groups -OCH3 is 1. The number of ether oxygens (including phenoxy) is 2. The van der Waals surface area contributed by atoms with E-state index in [1.165, 1.54) is 24.5 Å². The number of fused-ring (bicyclic) bond motifs is 1. The van der Waals surface area contributed by atoms with Crippen molar-refractivity contribution in [3.05, 3.63) is 34.5 Å². The van der Waals surface area contributed by atoms with Crippen LogP contribution in [0, 0.1) is 5.82 Å². The molecule has 26 heavy (non-hydrogen) atoms. The van der Waals surface area contributed by atoms with E-state index < -0.39 is 5.97 Å². The highest BCUT2D eigenvalue weighted by Gasteiger charge is 2.32. The first-order chi connectivity index (χ1) is 12.5. The van der Waals surface area contributed by atoms with Gasteiger partial charge in [0.25, 0.3) is 0 Å². The molecular weight excluding hydrogens is 377 g/mol. The van der Waals surface area contributed by atoms with Gasteiger partial charge in [-0.15, -0.1) is 23.1 Å². The molecule has 1 aliphatic rings. The number of hydrogen-bond acceptors (Lipinski definition) is 6. The molecule has 3 rings (SSSR count). The summed E-state index contributed by atoms with van der Waals surface area (Å²) in [6, 6.07) is 4.87. The Morgan fingerprint density at radius 3 is 2.92 bits per heavy atom. The molecule has 2 heterocycles. The number of thiophene rings is 1. The van der Waals surface area contributed by atoms with Crippen LogP contribution in [0.25, 0.3) is 10.1 Å². The second-order valence-corrected chi connectivity index (χ2v) is 8.37. The molecule has 1 unspecified atom stereocenters. The largest absolute Gasteiger partial charge is 0.468 e. The third-order valence-corrected chi connectivity index (χ3v) is 6.74. The maximum atomic E-state index is 14.5. The summed E-state index contributed by atoms with van der Waals surface area (Å²) < 4.78 is 25.2. The first-order valence-electron chi connectivity index (χ1n) is 8.45. The average molecular weight is 399 g/mol. The summed E-state index contributed by atoms with van der Waals surface area (Å²) >= 11 is 2.84. The fraction of sp³-hybridized carbons (Fsp3) is 0.444. The Kier molecular flexibility index (Phi) is 6.16. The van der Waals surface area contributed by atoms with Gasteiger partial charge in [-0.05, 0) is 19.1 Å². The maximum absolute atomic E-state index is 14.5. The molecular formula is C18H21FNO4S2+. The zero-order valence-corrected chi connectivity index (χ0v) is 16.3. The van der Waals surface area contributed by atoms with Crippen molar-refractivity contribution in [2.75, 3.05) is 32.6 Å². The molecule has 0 bridgehead atoms. The molecule has 140 valence electrons. The van der Waals surface area contributed by atoms with E-state index >= 15 is 0 Å². The quantitative estimate of drug-likeness (QED) is 0.780. The van der Waals surface area contributed by atoms with Crippen molar-refractivity contribution in [2.45, 2.75) is 18.7 Å². The molecule has 0 spiro atoms. The van der Waals surface area contributed by atoms with Gasteiger partial charge in [0.2, 0.25) is 0 Å². The Morgan fingerprint density at radius 2 is 2.19 bits per heavy atom. The normalized spacial score (nSPS) is 20.1. The number of benzene rings is 1. The number of halogens is 1. The molecule has 1 N–H and O–H groups in total. The van der Waals surface area contributed by atoms with Gasteiger partial charge in [-0.25, -0.2) is 9.18 Å². The maximum Gasteiger partial charge on any atom is 0.348 e. The summed E-state index contributed by atoms with van der Waals surface area (Å²) in [5.74, 6) is -0.175. The molecule has 0 saturated carbocycles. The molecule has 1 aromatic carbocycles. The SMILES string of the molecule is CCOC(=O)c1sc2cccc(F)c2c1C[NH+]1CCS[C@@H](C(=O)OC)C1. The summed E-state index contributed by atoms with van der Waals surface area (Å²) in [6.45, 7) is 3.92. The number of carbonyl (C=O) groups is 2. The molecule has 1 aromatic heterocycles. The number of carbonyl (C=O) groups excluding carboxylic acids is 2. The molecule has 1 fully saturated rings. The van der Waals surface area contributed by atoms with E-state index in [9.17, 15) is 14.0 Å². The van der Waals surface area contributed by atoms with Crippen molar-refractivity contribution in [1.29, 1.82) is 0 Å². The van der Waals surface area contributed by atoms with E-state index in [0.29, 0.717) is 28.9 Å². The highest BCUT2D eigenvalue weighted by Crippen LogP contribution is 2.33. The molecule has 2 atom stereocenters. The fourth-order valence-corrected chi connectivity index (χ4v) is 5.57. The van der Waals surface area contributed by atoms with Gasteiger partial charge in [0.15, 0.2) is 5.25 Å². The fourth-order valence-electron chi connectivity index (χ4n) is 3.16. The van der Waals surface area contributed by atoms with Crippen LogP contribution in [-0.4, -0.2) is 49.7 Å². The topological polar surface area (TPSA) is 57.0 Å². The number of rotatable bonds is 5. The second-order valence-electron chi connectivity index (χ2n) is 6.01. The minimum absolute atomic E-state index is 0.232. The van der Waals surface area contributed by atoms with Crippen molar-refractivity contribution in [1.82, 2.24) is 0 Å². The van der Waals surface area contributed by atoms with E-state index in [2.05, 4.69) is 0 Å². The Labute approximate surface area is 159 Å². The van der Waals surface area contributed by atoms with Crippen molar-refractivity contribution in [3.63, 3.8) is 0 Å². The van der Waals surface area contributed by atoms with Crippen LogP contribution >= 0.6 is 23.1 Å². The van der Waals surface area contributed by atoms with Crippen LogP contribution in [0.4, 0.5) is 4.39 Å². The van der Waals surface area contributed by atoms with Crippen LogP contribution in [0.3, 0.4) is 0 Å². The van der Waals surface area contributed by atoms with Crippen LogP contribution in [0.15, 0.2) is 18.2 Å². The van der Waals surface area contributed by atoms with Crippen LogP contribution in [0.5, 0.6) is 0 Å². The predicted octanol–water partition coefficient (Wildman–Crippen LogP) is 1.89. The number of quaternary nitrogens is 1. The lowest BCUT2D eigenvalue weighted by Gasteiger charge is -2.28. The molecule has 8 heteroatoms. The first kappa shape index (κ1) is 19.1. The zero-order chi connectivity index (χ0) is 18.7. The Balaban J connectivity index is 1.94. The predicted molar refractivity (Wildman–Crippen MR) is 100 cm³/mol. The van der Waals surface area contributed by atoms with Gasteiger partial charge in [-0.2, -0.15) is 0 Å². The van der Waals surface area contributed by atoms with Crippen LogP contribution in [0.2, 0.25) is 0 Å². The van der Waals surface area contributed by atoms with Crippen molar-refractivity contribution >= 4 is 45.1 Å². The summed E-state index contributed by atoms with van der Waals surface area (Å²) in [7, 11) is 1.39. The van der Waals surface area contributed by atoms with Gasteiger partial charge in [0.1, 0.15) is 23.8 Å². The van der Waals surface area contributed by atoms with Gasteiger partial charge in [0.05, 0.1) is 20.3 Å². The zero-order valence-electron chi connectivity index (χ0n) is 14.7. The van der Waals surface area contributed by atoms with Gasteiger partial charge in [0, 0.05) is 21.4 Å². The van der Waals surface area contributed by atoms with Crippen LogP contribution in [0.1, 0.15) is 22.2 Å². The lowest BCUT2D eigenvalue weighted by atomic mass is 10.1.